The SMILES string of the molecule is C=C1/C=C\C=C2/CN(c3cc4c5ccc(-c6ccccc6)cc5n(-c5ccccc5)c4cc31)c1nc3ccccc3nc12. The first-order valence-electron chi connectivity index (χ1n) is 14.6. The van der Waals surface area contributed by atoms with Crippen molar-refractivity contribution >= 4 is 55.5 Å². The number of nitrogens with zero attached hydrogens (tertiary/aromatic N) is 4. The largest absolute Gasteiger partial charge is 0.319 e. The van der Waals surface area contributed by atoms with Crippen LogP contribution in [0.3, 0.4) is 0 Å². The Morgan fingerprint density at radius 2 is 1.37 bits per heavy atom. The Morgan fingerprint density at radius 3 is 2.19 bits per heavy atom. The van der Waals surface area contributed by atoms with Crippen LogP contribution in [0, 0.1) is 0 Å². The molecular formula is C39H26N4. The minimum atomic E-state index is 0.706. The van der Waals surface area contributed by atoms with Gasteiger partial charge in [0.05, 0.1) is 34.3 Å². The smallest absolute Gasteiger partial charge is 0.160 e. The molecule has 43 heavy (non-hydrogen) atoms. The quantitative estimate of drug-likeness (QED) is 0.215. The van der Waals surface area contributed by atoms with Gasteiger partial charge < -0.3 is 9.47 Å². The maximum atomic E-state index is 5.14. The van der Waals surface area contributed by atoms with E-state index < -0.39 is 0 Å². The van der Waals surface area contributed by atoms with Gasteiger partial charge in [0, 0.05) is 27.6 Å². The Hall–Kier alpha value is -5.74. The summed E-state index contributed by atoms with van der Waals surface area (Å²) >= 11 is 0. The summed E-state index contributed by atoms with van der Waals surface area (Å²) in [6.07, 6.45) is 6.36. The summed E-state index contributed by atoms with van der Waals surface area (Å²) in [7, 11) is 0. The normalized spacial score (nSPS) is 16.0. The van der Waals surface area contributed by atoms with Crippen molar-refractivity contribution in [1.29, 1.82) is 0 Å². The Kier molecular flexibility index (Phi) is 5.08. The van der Waals surface area contributed by atoms with Crippen LogP contribution in [0.25, 0.3) is 60.8 Å². The van der Waals surface area contributed by atoms with Crippen molar-refractivity contribution in [2.45, 2.75) is 0 Å². The zero-order valence-electron chi connectivity index (χ0n) is 23.4. The minimum absolute atomic E-state index is 0.706. The molecule has 0 atom stereocenters. The Labute approximate surface area is 249 Å². The first-order valence-corrected chi connectivity index (χ1v) is 14.6. The molecule has 0 radical (unpaired) electrons. The molecule has 4 heteroatoms. The second kappa shape index (κ2) is 9.13. The van der Waals surface area contributed by atoms with Crippen molar-refractivity contribution in [2.24, 2.45) is 0 Å². The van der Waals surface area contributed by atoms with Crippen LogP contribution in [0.4, 0.5) is 11.5 Å². The molecule has 5 aromatic carbocycles. The number of anilines is 2. The molecule has 4 heterocycles. The fourth-order valence-electron chi connectivity index (χ4n) is 6.61. The number of benzene rings is 5. The highest BCUT2D eigenvalue weighted by molar-refractivity contribution is 6.13. The lowest BCUT2D eigenvalue weighted by atomic mass is 10.00. The van der Waals surface area contributed by atoms with E-state index in [0.717, 1.165) is 56.1 Å². The third kappa shape index (κ3) is 3.63. The number of aromatic nitrogens is 3. The van der Waals surface area contributed by atoms with Crippen LogP contribution in [0.5, 0.6) is 0 Å². The van der Waals surface area contributed by atoms with Crippen LogP contribution < -0.4 is 4.90 Å². The molecule has 202 valence electrons. The van der Waals surface area contributed by atoms with Gasteiger partial charge in [-0.1, -0.05) is 97.6 Å². The molecule has 2 aliphatic rings. The summed E-state index contributed by atoms with van der Waals surface area (Å²) in [6.45, 7) is 5.22. The summed E-state index contributed by atoms with van der Waals surface area (Å²) in [6, 6.07) is 40.8. The zero-order valence-corrected chi connectivity index (χ0v) is 23.4. The van der Waals surface area contributed by atoms with Crippen molar-refractivity contribution in [3.8, 4) is 16.8 Å². The maximum Gasteiger partial charge on any atom is 0.160 e. The fraction of sp³-hybridized carbons (Fsp3) is 0.0256. The second-order valence-corrected chi connectivity index (χ2v) is 11.2. The van der Waals surface area contributed by atoms with Crippen LogP contribution >= 0.6 is 0 Å². The third-order valence-corrected chi connectivity index (χ3v) is 8.68. The van der Waals surface area contributed by atoms with E-state index in [2.05, 4.69) is 125 Å². The van der Waals surface area contributed by atoms with E-state index in [1.54, 1.807) is 0 Å². The molecule has 0 saturated carbocycles. The first kappa shape index (κ1) is 23.9. The van der Waals surface area contributed by atoms with Crippen molar-refractivity contribution in [3.63, 3.8) is 0 Å². The van der Waals surface area contributed by atoms with Gasteiger partial charge in [0.15, 0.2) is 5.82 Å². The van der Waals surface area contributed by atoms with Gasteiger partial charge in [-0.3, -0.25) is 0 Å². The minimum Gasteiger partial charge on any atom is -0.319 e. The lowest BCUT2D eigenvalue weighted by molar-refractivity contribution is 1.11. The third-order valence-electron chi connectivity index (χ3n) is 8.68. The fourth-order valence-corrected chi connectivity index (χ4v) is 6.61. The van der Waals surface area contributed by atoms with Gasteiger partial charge in [-0.05, 0) is 59.2 Å². The van der Waals surface area contributed by atoms with Gasteiger partial charge in [-0.2, -0.15) is 0 Å². The molecule has 7 aromatic rings. The molecule has 0 spiro atoms. The van der Waals surface area contributed by atoms with E-state index >= 15 is 0 Å². The molecule has 2 bridgehead atoms. The molecule has 2 aliphatic heterocycles. The zero-order chi connectivity index (χ0) is 28.5. The molecule has 0 fully saturated rings. The topological polar surface area (TPSA) is 34.0 Å². The van der Waals surface area contributed by atoms with Gasteiger partial charge in [0.1, 0.15) is 5.69 Å². The van der Waals surface area contributed by atoms with Crippen LogP contribution in [-0.4, -0.2) is 21.1 Å². The molecule has 0 saturated heterocycles. The number of hydrogen-bond acceptors (Lipinski definition) is 3. The van der Waals surface area contributed by atoms with E-state index in [9.17, 15) is 0 Å². The Bertz CT molecular complexity index is 2330. The molecule has 9 rings (SSSR count). The summed E-state index contributed by atoms with van der Waals surface area (Å²) in [5, 5.41) is 2.41. The highest BCUT2D eigenvalue weighted by Crippen LogP contribution is 2.46. The standard InChI is InChI=1S/C39H26N4/c1-25-11-10-14-28-24-42(39-38(28)40-33-17-8-9-18-34(33)41-39)35-23-32-30-20-19-27(26-12-4-2-5-13-26)21-36(30)43(37(32)22-31(25)35)29-15-6-3-7-16-29/h2-23H,1,24H2/b11-10-,28-14+. The number of hydrogen-bond donors (Lipinski definition) is 0. The van der Waals surface area contributed by atoms with Crippen molar-refractivity contribution < 1.29 is 0 Å². The van der Waals surface area contributed by atoms with E-state index in [1.807, 2.05) is 24.3 Å². The molecule has 4 nitrogen and oxygen atoms in total. The second-order valence-electron chi connectivity index (χ2n) is 11.2. The monoisotopic (exact) mass is 550 g/mol. The molecule has 0 unspecified atom stereocenters. The van der Waals surface area contributed by atoms with Crippen LogP contribution in [0.1, 0.15) is 11.3 Å². The van der Waals surface area contributed by atoms with E-state index in [0.29, 0.717) is 6.54 Å². The molecule has 2 aromatic heterocycles. The summed E-state index contributed by atoms with van der Waals surface area (Å²) in [5.41, 5.74) is 12.9. The van der Waals surface area contributed by atoms with Crippen molar-refractivity contribution in [2.75, 3.05) is 11.4 Å². The van der Waals surface area contributed by atoms with Gasteiger partial charge in [0.2, 0.25) is 0 Å². The van der Waals surface area contributed by atoms with Gasteiger partial charge >= 0.3 is 0 Å². The van der Waals surface area contributed by atoms with Crippen molar-refractivity contribution in [1.82, 2.24) is 14.5 Å². The lowest BCUT2D eigenvalue weighted by Gasteiger charge is -2.22. The van der Waals surface area contributed by atoms with Gasteiger partial charge in [-0.15, -0.1) is 0 Å². The van der Waals surface area contributed by atoms with Crippen LogP contribution in [-0.2, 0) is 0 Å². The number of fused-ring (bicyclic) bond motifs is 11. The summed E-state index contributed by atoms with van der Waals surface area (Å²) in [4.78, 5) is 12.5. The average Bonchev–Trinajstić information content (AvgIpc) is 3.59. The van der Waals surface area contributed by atoms with E-state index in [-0.39, 0.29) is 0 Å². The summed E-state index contributed by atoms with van der Waals surface area (Å²) in [5.74, 6) is 0.895. The van der Waals surface area contributed by atoms with Crippen LogP contribution in [0.2, 0.25) is 0 Å². The predicted octanol–water partition coefficient (Wildman–Crippen LogP) is 9.51. The molecule has 0 amide bonds. The predicted molar refractivity (Wildman–Crippen MR) is 179 cm³/mol. The van der Waals surface area contributed by atoms with E-state index in [1.165, 1.54) is 27.4 Å². The highest BCUT2D eigenvalue weighted by atomic mass is 15.2. The molecule has 0 aliphatic carbocycles. The lowest BCUT2D eigenvalue weighted by Crippen LogP contribution is -2.16. The highest BCUT2D eigenvalue weighted by Gasteiger charge is 2.31. The maximum absolute atomic E-state index is 5.14. The Balaban J connectivity index is 1.36. The molecule has 0 N–H and O–H groups in total. The van der Waals surface area contributed by atoms with Crippen molar-refractivity contribution in [3.05, 3.63) is 151 Å². The van der Waals surface area contributed by atoms with Gasteiger partial charge in [0.25, 0.3) is 0 Å². The molecular weight excluding hydrogens is 524 g/mol. The van der Waals surface area contributed by atoms with E-state index in [4.69, 9.17) is 9.97 Å². The van der Waals surface area contributed by atoms with Crippen LogP contribution in [0.15, 0.2) is 140 Å². The average molecular weight is 551 g/mol. The number of allylic oxidation sites excluding steroid dienone is 4. The van der Waals surface area contributed by atoms with Gasteiger partial charge in [-0.25, -0.2) is 9.97 Å². The number of para-hydroxylation sites is 3. The Morgan fingerprint density at radius 1 is 0.651 bits per heavy atom. The summed E-state index contributed by atoms with van der Waals surface area (Å²) < 4.78 is 2.38. The first-order chi connectivity index (χ1) is 21.2. The number of rotatable bonds is 2.